The summed E-state index contributed by atoms with van der Waals surface area (Å²) in [7, 11) is 0. The number of hydrogen-bond acceptors (Lipinski definition) is 5. The zero-order chi connectivity index (χ0) is 20.6. The third-order valence-corrected chi connectivity index (χ3v) is 5.50. The van der Waals surface area contributed by atoms with Gasteiger partial charge in [-0.15, -0.1) is 10.2 Å². The van der Waals surface area contributed by atoms with Gasteiger partial charge in [0.1, 0.15) is 12.4 Å². The second kappa shape index (κ2) is 10.3. The maximum Gasteiger partial charge on any atom is 0.230 e. The first kappa shape index (κ1) is 21.2. The summed E-state index contributed by atoms with van der Waals surface area (Å²) in [5, 5.41) is 12.7. The van der Waals surface area contributed by atoms with Gasteiger partial charge in [0.25, 0.3) is 0 Å². The summed E-state index contributed by atoms with van der Waals surface area (Å²) in [6, 6.07) is 17.2. The molecule has 0 fully saturated rings. The molecule has 3 aromatic rings. The van der Waals surface area contributed by atoms with Crippen LogP contribution in [0, 0.1) is 0 Å². The van der Waals surface area contributed by atoms with Crippen molar-refractivity contribution in [1.29, 1.82) is 0 Å². The minimum absolute atomic E-state index is 0.0270. The molecule has 1 amide bonds. The van der Waals surface area contributed by atoms with Crippen LogP contribution in [0.4, 0.5) is 0 Å². The first-order valence-corrected chi connectivity index (χ1v) is 10.7. The van der Waals surface area contributed by atoms with E-state index in [0.29, 0.717) is 21.8 Å². The molecule has 0 aliphatic rings. The smallest absolute Gasteiger partial charge is 0.230 e. The summed E-state index contributed by atoms with van der Waals surface area (Å²) >= 11 is 7.52. The van der Waals surface area contributed by atoms with Gasteiger partial charge in [-0.2, -0.15) is 0 Å². The fourth-order valence-electron chi connectivity index (χ4n) is 2.58. The molecule has 0 bridgehead atoms. The van der Waals surface area contributed by atoms with Crippen molar-refractivity contribution in [2.45, 2.75) is 38.1 Å². The number of aromatic nitrogens is 3. The monoisotopic (exact) mass is 430 g/mol. The fraction of sp³-hybridized carbons (Fsp3) is 0.286. The maximum atomic E-state index is 12.2. The Morgan fingerprint density at radius 3 is 2.62 bits per heavy atom. The Hall–Kier alpha value is -2.51. The zero-order valence-corrected chi connectivity index (χ0v) is 17.9. The Morgan fingerprint density at radius 1 is 1.17 bits per heavy atom. The molecule has 3 rings (SSSR count). The average Bonchev–Trinajstić information content (AvgIpc) is 3.15. The van der Waals surface area contributed by atoms with Gasteiger partial charge in [0.15, 0.2) is 11.0 Å². The lowest BCUT2D eigenvalue weighted by Gasteiger charge is -2.13. The number of nitrogens with zero attached hydrogens (tertiary/aromatic N) is 3. The van der Waals surface area contributed by atoms with Crippen molar-refractivity contribution < 1.29 is 9.53 Å². The SMILES string of the molecule is CCC(C)NC(=O)CSc1nnc(COc2ccccc2Cl)n1-c1ccccc1. The van der Waals surface area contributed by atoms with E-state index < -0.39 is 0 Å². The third-order valence-electron chi connectivity index (χ3n) is 4.26. The van der Waals surface area contributed by atoms with Crippen LogP contribution in [0.25, 0.3) is 5.69 Å². The lowest BCUT2D eigenvalue weighted by atomic mass is 10.3. The normalized spacial score (nSPS) is 11.8. The molecule has 1 aromatic heterocycles. The maximum absolute atomic E-state index is 12.2. The van der Waals surface area contributed by atoms with Crippen LogP contribution < -0.4 is 10.1 Å². The molecule has 0 saturated heterocycles. The molecule has 29 heavy (non-hydrogen) atoms. The second-order valence-corrected chi connectivity index (χ2v) is 7.80. The summed E-state index contributed by atoms with van der Waals surface area (Å²) in [5.74, 6) is 1.45. The Morgan fingerprint density at radius 2 is 1.90 bits per heavy atom. The molecule has 1 heterocycles. The first-order chi connectivity index (χ1) is 14.1. The molecule has 8 heteroatoms. The highest BCUT2D eigenvalue weighted by molar-refractivity contribution is 7.99. The lowest BCUT2D eigenvalue weighted by molar-refractivity contribution is -0.119. The van der Waals surface area contributed by atoms with E-state index in [0.717, 1.165) is 12.1 Å². The number of thioether (sulfide) groups is 1. The quantitative estimate of drug-likeness (QED) is 0.506. The van der Waals surface area contributed by atoms with Gasteiger partial charge in [-0.25, -0.2) is 0 Å². The van der Waals surface area contributed by atoms with E-state index in [9.17, 15) is 4.79 Å². The topological polar surface area (TPSA) is 69.0 Å². The summed E-state index contributed by atoms with van der Waals surface area (Å²) in [5.41, 5.74) is 0.903. The van der Waals surface area contributed by atoms with Crippen LogP contribution in [-0.2, 0) is 11.4 Å². The highest BCUT2D eigenvalue weighted by atomic mass is 35.5. The summed E-state index contributed by atoms with van der Waals surface area (Å²) in [4.78, 5) is 12.2. The number of benzene rings is 2. The van der Waals surface area contributed by atoms with Crippen molar-refractivity contribution in [3.8, 4) is 11.4 Å². The van der Waals surface area contributed by atoms with Crippen LogP contribution in [0.15, 0.2) is 59.8 Å². The third kappa shape index (κ3) is 5.74. The van der Waals surface area contributed by atoms with Gasteiger partial charge in [0, 0.05) is 11.7 Å². The highest BCUT2D eigenvalue weighted by Crippen LogP contribution is 2.26. The molecule has 1 N–H and O–H groups in total. The van der Waals surface area contributed by atoms with Crippen molar-refractivity contribution in [3.63, 3.8) is 0 Å². The zero-order valence-electron chi connectivity index (χ0n) is 16.3. The lowest BCUT2D eigenvalue weighted by Crippen LogP contribution is -2.33. The van der Waals surface area contributed by atoms with Crippen LogP contribution in [0.5, 0.6) is 5.75 Å². The second-order valence-electron chi connectivity index (χ2n) is 6.45. The van der Waals surface area contributed by atoms with Crippen molar-refractivity contribution in [3.05, 3.63) is 65.4 Å². The van der Waals surface area contributed by atoms with E-state index in [-0.39, 0.29) is 24.3 Å². The van der Waals surface area contributed by atoms with E-state index in [1.165, 1.54) is 11.8 Å². The van der Waals surface area contributed by atoms with Crippen LogP contribution >= 0.6 is 23.4 Å². The largest absolute Gasteiger partial charge is 0.484 e. The number of nitrogens with one attached hydrogen (secondary N) is 1. The van der Waals surface area contributed by atoms with Crippen molar-refractivity contribution in [2.24, 2.45) is 0 Å². The first-order valence-electron chi connectivity index (χ1n) is 9.37. The van der Waals surface area contributed by atoms with E-state index in [1.807, 2.05) is 60.9 Å². The molecule has 2 aromatic carbocycles. The Balaban J connectivity index is 1.78. The van der Waals surface area contributed by atoms with Crippen molar-refractivity contribution in [1.82, 2.24) is 20.1 Å². The van der Waals surface area contributed by atoms with E-state index in [1.54, 1.807) is 12.1 Å². The van der Waals surface area contributed by atoms with E-state index >= 15 is 0 Å². The number of rotatable bonds is 9. The summed E-state index contributed by atoms with van der Waals surface area (Å²) in [6.07, 6.45) is 0.889. The standard InChI is InChI=1S/C21H23ClN4O2S/c1-3-15(2)23-20(27)14-29-21-25-24-19(26(21)16-9-5-4-6-10-16)13-28-18-12-8-7-11-17(18)22/h4-12,15H,3,13-14H2,1-2H3,(H,23,27). The molecule has 0 spiro atoms. The van der Waals surface area contributed by atoms with Crippen molar-refractivity contribution in [2.75, 3.05) is 5.75 Å². The predicted octanol–water partition coefficient (Wildman–Crippen LogP) is 4.51. The number of para-hydroxylation sites is 2. The fourth-order valence-corrected chi connectivity index (χ4v) is 3.55. The molecule has 0 radical (unpaired) electrons. The molecule has 6 nitrogen and oxygen atoms in total. The van der Waals surface area contributed by atoms with Gasteiger partial charge in [0.05, 0.1) is 10.8 Å². The van der Waals surface area contributed by atoms with Crippen molar-refractivity contribution >= 4 is 29.3 Å². The van der Waals surface area contributed by atoms with Gasteiger partial charge in [-0.05, 0) is 37.6 Å². The molecular formula is C21H23ClN4O2S. The van der Waals surface area contributed by atoms with E-state index in [4.69, 9.17) is 16.3 Å². The molecule has 0 saturated carbocycles. The Labute approximate surface area is 179 Å². The Kier molecular flexibility index (Phi) is 7.55. The predicted molar refractivity (Wildman–Crippen MR) is 116 cm³/mol. The minimum atomic E-state index is -0.0270. The number of halogens is 1. The van der Waals surface area contributed by atoms with Gasteiger partial charge < -0.3 is 10.1 Å². The van der Waals surface area contributed by atoms with Gasteiger partial charge in [-0.3, -0.25) is 9.36 Å². The molecule has 1 atom stereocenters. The van der Waals surface area contributed by atoms with Crippen LogP contribution in [0.2, 0.25) is 5.02 Å². The number of carbonyl (C=O) groups is 1. The molecule has 0 aliphatic carbocycles. The van der Waals surface area contributed by atoms with Gasteiger partial charge in [-0.1, -0.05) is 60.6 Å². The molecule has 1 unspecified atom stereocenters. The van der Waals surface area contributed by atoms with Crippen LogP contribution in [0.1, 0.15) is 26.1 Å². The van der Waals surface area contributed by atoms with Crippen LogP contribution in [-0.4, -0.2) is 32.5 Å². The summed E-state index contributed by atoms with van der Waals surface area (Å²) < 4.78 is 7.75. The van der Waals surface area contributed by atoms with E-state index in [2.05, 4.69) is 15.5 Å². The van der Waals surface area contributed by atoms with Gasteiger partial charge >= 0.3 is 0 Å². The molecular weight excluding hydrogens is 408 g/mol. The minimum Gasteiger partial charge on any atom is -0.484 e. The number of hydrogen-bond donors (Lipinski definition) is 1. The molecule has 0 aliphatic heterocycles. The number of amides is 1. The van der Waals surface area contributed by atoms with Gasteiger partial charge in [0.2, 0.25) is 5.91 Å². The van der Waals surface area contributed by atoms with Crippen LogP contribution in [0.3, 0.4) is 0 Å². The summed E-state index contributed by atoms with van der Waals surface area (Å²) in [6.45, 7) is 4.22. The Bertz CT molecular complexity index is 949. The highest BCUT2D eigenvalue weighted by Gasteiger charge is 2.17. The average molecular weight is 431 g/mol. The number of carbonyl (C=O) groups excluding carboxylic acids is 1. The number of ether oxygens (including phenoxy) is 1. The molecule has 152 valence electrons.